The molecule has 0 saturated heterocycles. The van der Waals surface area contributed by atoms with Gasteiger partial charge < -0.3 is 25.4 Å². The van der Waals surface area contributed by atoms with E-state index in [9.17, 15) is 32.3 Å². The number of methoxy groups -OCH3 is 1. The molecule has 0 aliphatic heterocycles. The standard InChI is InChI=1S/C31H39ClF5N3O6/c1-9-21(45-8)14-13-18(4)24(27(43)39-23(17(2)3)25(41)31(35,36)37)40-26(42)22(16-46-29(5,6)7)38-28(44)30(33,34)19-11-10-12-20(32)15-19/h9-15,17,22-24H,4,16H2,1-3,5-8H3,(H,38,44)(H,39,43)(H,40,42)/b14-13-,21-9+/t22-,23-,24-/m0/s1. The molecule has 0 bridgehead atoms. The lowest BCUT2D eigenvalue weighted by Crippen LogP contribution is -2.59. The van der Waals surface area contributed by atoms with Crippen molar-refractivity contribution >= 4 is 35.1 Å². The first kappa shape index (κ1) is 40.2. The second-order valence-electron chi connectivity index (χ2n) is 11.4. The monoisotopic (exact) mass is 679 g/mol. The summed E-state index contributed by atoms with van der Waals surface area (Å²) < 4.78 is 80.7. The molecule has 0 saturated carbocycles. The molecular weight excluding hydrogens is 641 g/mol. The first-order chi connectivity index (χ1) is 21.0. The van der Waals surface area contributed by atoms with E-state index in [-0.39, 0.29) is 16.4 Å². The molecule has 256 valence electrons. The maximum atomic E-state index is 15.1. The first-order valence-corrected chi connectivity index (χ1v) is 14.3. The topological polar surface area (TPSA) is 123 Å². The summed E-state index contributed by atoms with van der Waals surface area (Å²) in [6.07, 6.45) is -1.20. The number of hydrogen-bond donors (Lipinski definition) is 3. The molecule has 0 fully saturated rings. The second-order valence-corrected chi connectivity index (χ2v) is 11.8. The van der Waals surface area contributed by atoms with Crippen molar-refractivity contribution in [1.29, 1.82) is 0 Å². The van der Waals surface area contributed by atoms with Crippen LogP contribution in [-0.4, -0.2) is 67.1 Å². The highest BCUT2D eigenvalue weighted by molar-refractivity contribution is 6.30. The Labute approximate surface area is 269 Å². The van der Waals surface area contributed by atoms with Crippen LogP contribution in [0.25, 0.3) is 0 Å². The number of Topliss-reactive ketones (excluding diaryl/α,β-unsaturated/α-hetero) is 1. The molecule has 1 rings (SSSR count). The third-order valence-corrected chi connectivity index (χ3v) is 6.44. The van der Waals surface area contributed by atoms with Crippen molar-refractivity contribution < 1.29 is 50.6 Å². The number of hydrogen-bond acceptors (Lipinski definition) is 6. The Morgan fingerprint density at radius 3 is 2.07 bits per heavy atom. The number of carbonyl (C=O) groups excluding carboxylic acids is 4. The number of nitrogens with one attached hydrogen (secondary N) is 3. The van der Waals surface area contributed by atoms with Crippen molar-refractivity contribution in [2.75, 3.05) is 13.7 Å². The zero-order valence-corrected chi connectivity index (χ0v) is 27.2. The summed E-state index contributed by atoms with van der Waals surface area (Å²) in [5, 5.41) is 6.06. The molecule has 1 aromatic rings. The number of amides is 3. The summed E-state index contributed by atoms with van der Waals surface area (Å²) in [5.41, 5.74) is -1.89. The fourth-order valence-electron chi connectivity index (χ4n) is 3.66. The predicted octanol–water partition coefficient (Wildman–Crippen LogP) is 5.15. The number of halogens is 6. The Balaban J connectivity index is 3.51. The molecular formula is C31H39ClF5N3O6. The van der Waals surface area contributed by atoms with Crippen LogP contribution in [0.2, 0.25) is 5.02 Å². The molecule has 15 heteroatoms. The minimum Gasteiger partial charge on any atom is -0.497 e. The largest absolute Gasteiger partial charge is 0.497 e. The number of rotatable bonds is 15. The van der Waals surface area contributed by atoms with Crippen LogP contribution in [0.3, 0.4) is 0 Å². The molecule has 0 aliphatic carbocycles. The summed E-state index contributed by atoms with van der Waals surface area (Å²) in [5.74, 6) is -11.5. The van der Waals surface area contributed by atoms with Crippen molar-refractivity contribution in [3.63, 3.8) is 0 Å². The van der Waals surface area contributed by atoms with Crippen molar-refractivity contribution in [2.24, 2.45) is 5.92 Å². The molecule has 3 atom stereocenters. The van der Waals surface area contributed by atoms with Gasteiger partial charge in [0.2, 0.25) is 11.8 Å². The van der Waals surface area contributed by atoms with Crippen LogP contribution in [0, 0.1) is 5.92 Å². The maximum absolute atomic E-state index is 15.1. The second kappa shape index (κ2) is 16.7. The molecule has 0 unspecified atom stereocenters. The summed E-state index contributed by atoms with van der Waals surface area (Å²) in [4.78, 5) is 51.7. The van der Waals surface area contributed by atoms with Gasteiger partial charge in [0, 0.05) is 10.6 Å². The molecule has 0 aromatic heterocycles. The van der Waals surface area contributed by atoms with Crippen LogP contribution < -0.4 is 16.0 Å². The lowest BCUT2D eigenvalue weighted by molar-refractivity contribution is -0.175. The van der Waals surface area contributed by atoms with Crippen molar-refractivity contribution in [1.82, 2.24) is 16.0 Å². The summed E-state index contributed by atoms with van der Waals surface area (Å²) in [6.45, 7) is 12.0. The van der Waals surface area contributed by atoms with Crippen LogP contribution in [0.1, 0.15) is 47.1 Å². The summed E-state index contributed by atoms with van der Waals surface area (Å²) in [6, 6.07) is -1.39. The van der Waals surface area contributed by atoms with Gasteiger partial charge in [-0.05, 0) is 63.5 Å². The Morgan fingerprint density at radius 1 is 0.978 bits per heavy atom. The zero-order chi connectivity index (χ0) is 35.6. The molecule has 3 N–H and O–H groups in total. The Hall–Kier alpha value is -3.78. The molecule has 3 amide bonds. The number of allylic oxidation sites excluding steroid dienone is 2. The lowest BCUT2D eigenvalue weighted by Gasteiger charge is -2.29. The number of alkyl halides is 5. The van der Waals surface area contributed by atoms with Gasteiger partial charge in [-0.3, -0.25) is 19.2 Å². The first-order valence-electron chi connectivity index (χ1n) is 13.9. The van der Waals surface area contributed by atoms with E-state index in [0.717, 1.165) is 12.1 Å². The number of ether oxygens (including phenoxy) is 2. The highest BCUT2D eigenvalue weighted by atomic mass is 35.5. The Bertz CT molecular complexity index is 1340. The van der Waals surface area contributed by atoms with E-state index < -0.39 is 77.4 Å². The predicted molar refractivity (Wildman–Crippen MR) is 162 cm³/mol. The summed E-state index contributed by atoms with van der Waals surface area (Å²) in [7, 11) is 1.34. The fourth-order valence-corrected chi connectivity index (χ4v) is 3.86. The van der Waals surface area contributed by atoms with Gasteiger partial charge in [0.1, 0.15) is 17.8 Å². The lowest BCUT2D eigenvalue weighted by atomic mass is 9.98. The van der Waals surface area contributed by atoms with Crippen LogP contribution in [-0.2, 0) is 34.6 Å². The SMILES string of the molecule is C=C(/C=C\C(=C/C)OC)[C@H](NC(=O)[C@H](COC(C)(C)C)NC(=O)C(F)(F)c1cccc(Cl)c1)C(=O)N[C@H](C(=O)C(F)(F)F)C(C)C. The van der Waals surface area contributed by atoms with Crippen LogP contribution in [0.4, 0.5) is 22.0 Å². The number of benzene rings is 1. The molecule has 1 aromatic carbocycles. The van der Waals surface area contributed by atoms with Gasteiger partial charge in [0.25, 0.3) is 11.7 Å². The maximum Gasteiger partial charge on any atom is 0.452 e. The quantitative estimate of drug-likeness (QED) is 0.134. The minimum absolute atomic E-state index is 0.0750. The smallest absolute Gasteiger partial charge is 0.452 e. The Kier molecular flexibility index (Phi) is 14.6. The van der Waals surface area contributed by atoms with Gasteiger partial charge in [-0.1, -0.05) is 50.2 Å². The number of carbonyl (C=O) groups is 4. The third kappa shape index (κ3) is 12.2. The van der Waals surface area contributed by atoms with Crippen LogP contribution in [0.5, 0.6) is 0 Å². The van der Waals surface area contributed by atoms with Crippen molar-refractivity contribution in [3.05, 3.63) is 71.0 Å². The average molecular weight is 680 g/mol. The minimum atomic E-state index is -5.29. The van der Waals surface area contributed by atoms with Crippen LogP contribution >= 0.6 is 11.6 Å². The van der Waals surface area contributed by atoms with E-state index in [0.29, 0.717) is 0 Å². The van der Waals surface area contributed by atoms with Gasteiger partial charge in [-0.2, -0.15) is 22.0 Å². The molecule has 0 radical (unpaired) electrons. The Morgan fingerprint density at radius 2 is 1.59 bits per heavy atom. The fraction of sp³-hybridized carbons (Fsp3) is 0.484. The van der Waals surface area contributed by atoms with Gasteiger partial charge in [0.05, 0.1) is 25.4 Å². The van der Waals surface area contributed by atoms with Gasteiger partial charge >= 0.3 is 12.1 Å². The highest BCUT2D eigenvalue weighted by Gasteiger charge is 2.46. The molecule has 9 nitrogen and oxygen atoms in total. The van der Waals surface area contributed by atoms with E-state index >= 15 is 8.78 Å². The normalized spacial score (nSPS) is 14.8. The molecule has 0 aliphatic rings. The van der Waals surface area contributed by atoms with E-state index in [1.807, 2.05) is 10.6 Å². The summed E-state index contributed by atoms with van der Waals surface area (Å²) >= 11 is 5.80. The van der Waals surface area contributed by atoms with Gasteiger partial charge in [-0.25, -0.2) is 0 Å². The molecule has 46 heavy (non-hydrogen) atoms. The zero-order valence-electron chi connectivity index (χ0n) is 26.5. The average Bonchev–Trinajstić information content (AvgIpc) is 2.95. The van der Waals surface area contributed by atoms with Crippen molar-refractivity contribution in [2.45, 2.75) is 77.4 Å². The number of ketones is 1. The van der Waals surface area contributed by atoms with Crippen molar-refractivity contribution in [3.8, 4) is 0 Å². The van der Waals surface area contributed by atoms with Gasteiger partial charge in [0.15, 0.2) is 0 Å². The van der Waals surface area contributed by atoms with Gasteiger partial charge in [-0.15, -0.1) is 0 Å². The van der Waals surface area contributed by atoms with E-state index in [1.54, 1.807) is 27.7 Å². The van der Waals surface area contributed by atoms with E-state index in [2.05, 4.69) is 11.9 Å². The highest BCUT2D eigenvalue weighted by Crippen LogP contribution is 2.30. The van der Waals surface area contributed by atoms with Crippen LogP contribution in [0.15, 0.2) is 60.4 Å². The third-order valence-electron chi connectivity index (χ3n) is 6.20. The van der Waals surface area contributed by atoms with E-state index in [1.165, 1.54) is 51.3 Å². The molecule has 0 spiro atoms. The molecule has 0 heterocycles. The van der Waals surface area contributed by atoms with E-state index in [4.69, 9.17) is 21.1 Å².